The Bertz CT molecular complexity index is 732. The molecule has 1 aromatic heterocycles. The summed E-state index contributed by atoms with van der Waals surface area (Å²) < 4.78 is 0. The molecule has 1 aliphatic rings. The van der Waals surface area contributed by atoms with Crippen LogP contribution >= 0.6 is 12.4 Å². The van der Waals surface area contributed by atoms with Gasteiger partial charge in [-0.05, 0) is 38.9 Å². The van der Waals surface area contributed by atoms with E-state index in [4.69, 9.17) is 10.1 Å². The average molecular weight is 365 g/mol. The Labute approximate surface area is 154 Å². The largest absolute Gasteiger partial charge is 0.480 e. The number of carboxylic acids is 1. The standard InChI is InChI=1S/C18H24N4O2.ClH/c1-13-17(20-16-6-4-3-5-15(16)19-13)11-22-9-7-14(8-10-22)21(2)12-18(23)24;/h3-6,14H,7-12H2,1-2H3,(H,23,24);1H. The zero-order valence-electron chi connectivity index (χ0n) is 14.7. The van der Waals surface area contributed by atoms with Crippen LogP contribution in [0.3, 0.4) is 0 Å². The van der Waals surface area contributed by atoms with Gasteiger partial charge in [0, 0.05) is 25.7 Å². The number of rotatable bonds is 5. The molecule has 136 valence electrons. The van der Waals surface area contributed by atoms with Crippen LogP contribution in [0.4, 0.5) is 0 Å². The molecule has 7 heteroatoms. The molecule has 0 saturated carbocycles. The summed E-state index contributed by atoms with van der Waals surface area (Å²) in [6.45, 7) is 4.85. The minimum absolute atomic E-state index is 0. The third kappa shape index (κ3) is 4.87. The molecule has 1 N–H and O–H groups in total. The van der Waals surface area contributed by atoms with E-state index in [1.165, 1.54) is 0 Å². The Kier molecular flexibility index (Phi) is 6.70. The minimum atomic E-state index is -0.762. The molecule has 0 unspecified atom stereocenters. The van der Waals surface area contributed by atoms with Gasteiger partial charge in [0.25, 0.3) is 0 Å². The van der Waals surface area contributed by atoms with E-state index in [2.05, 4.69) is 9.88 Å². The van der Waals surface area contributed by atoms with Crippen molar-refractivity contribution in [2.24, 2.45) is 0 Å². The molecule has 25 heavy (non-hydrogen) atoms. The van der Waals surface area contributed by atoms with Gasteiger partial charge >= 0.3 is 5.97 Å². The molecule has 0 aliphatic carbocycles. The smallest absolute Gasteiger partial charge is 0.317 e. The molecule has 0 bridgehead atoms. The van der Waals surface area contributed by atoms with E-state index >= 15 is 0 Å². The molecule has 0 radical (unpaired) electrons. The molecule has 1 aromatic carbocycles. The second-order valence-corrected chi connectivity index (χ2v) is 6.56. The normalized spacial score (nSPS) is 16.1. The summed E-state index contributed by atoms with van der Waals surface area (Å²) in [5.41, 5.74) is 3.90. The van der Waals surface area contributed by atoms with Gasteiger partial charge in [-0.1, -0.05) is 12.1 Å². The number of hydrogen-bond acceptors (Lipinski definition) is 5. The third-order valence-corrected chi connectivity index (χ3v) is 4.78. The first-order valence-electron chi connectivity index (χ1n) is 8.39. The van der Waals surface area contributed by atoms with E-state index in [0.29, 0.717) is 6.04 Å². The Morgan fingerprint density at radius 3 is 2.44 bits per heavy atom. The predicted octanol–water partition coefficient (Wildman–Crippen LogP) is 2.34. The highest BCUT2D eigenvalue weighted by Gasteiger charge is 2.24. The number of carboxylic acid groups (broad SMARTS) is 1. The van der Waals surface area contributed by atoms with Gasteiger partial charge in [0.15, 0.2) is 0 Å². The van der Waals surface area contributed by atoms with Crippen molar-refractivity contribution >= 4 is 29.4 Å². The molecular formula is C18H25ClN4O2. The first kappa shape index (κ1) is 19.6. The van der Waals surface area contributed by atoms with Crippen LogP contribution in [0, 0.1) is 6.92 Å². The van der Waals surface area contributed by atoms with E-state index < -0.39 is 5.97 Å². The Morgan fingerprint density at radius 2 is 1.84 bits per heavy atom. The van der Waals surface area contributed by atoms with Crippen molar-refractivity contribution in [1.82, 2.24) is 19.8 Å². The van der Waals surface area contributed by atoms with Crippen LogP contribution in [0.1, 0.15) is 24.2 Å². The summed E-state index contributed by atoms with van der Waals surface area (Å²) in [6, 6.07) is 8.30. The highest BCUT2D eigenvalue weighted by Crippen LogP contribution is 2.19. The second kappa shape index (κ2) is 8.56. The molecule has 1 saturated heterocycles. The zero-order valence-corrected chi connectivity index (χ0v) is 15.5. The van der Waals surface area contributed by atoms with Gasteiger partial charge in [0.2, 0.25) is 0 Å². The molecule has 1 fully saturated rings. The molecule has 0 spiro atoms. The Hall–Kier alpha value is -1.76. The molecule has 2 aromatic rings. The zero-order chi connectivity index (χ0) is 17.1. The lowest BCUT2D eigenvalue weighted by Gasteiger charge is -2.36. The molecule has 3 rings (SSSR count). The monoisotopic (exact) mass is 364 g/mol. The number of para-hydroxylation sites is 2. The number of likely N-dealkylation sites (N-methyl/N-ethyl adjacent to an activating group) is 1. The maximum atomic E-state index is 10.8. The number of aryl methyl sites for hydroxylation is 1. The molecule has 6 nitrogen and oxygen atoms in total. The van der Waals surface area contributed by atoms with Crippen molar-refractivity contribution < 1.29 is 9.90 Å². The van der Waals surface area contributed by atoms with Crippen LogP contribution in [-0.2, 0) is 11.3 Å². The average Bonchev–Trinajstić information content (AvgIpc) is 2.55. The minimum Gasteiger partial charge on any atom is -0.480 e. The maximum absolute atomic E-state index is 10.8. The highest BCUT2D eigenvalue weighted by atomic mass is 35.5. The molecule has 0 atom stereocenters. The topological polar surface area (TPSA) is 69.6 Å². The lowest BCUT2D eigenvalue weighted by Crippen LogP contribution is -2.44. The number of likely N-dealkylation sites (tertiary alicyclic amines) is 1. The lowest BCUT2D eigenvalue weighted by molar-refractivity contribution is -0.138. The second-order valence-electron chi connectivity index (χ2n) is 6.56. The van der Waals surface area contributed by atoms with E-state index in [-0.39, 0.29) is 19.0 Å². The number of nitrogens with zero attached hydrogens (tertiary/aromatic N) is 4. The van der Waals surface area contributed by atoms with Crippen molar-refractivity contribution in [3.63, 3.8) is 0 Å². The molecule has 1 aliphatic heterocycles. The Morgan fingerprint density at radius 1 is 1.24 bits per heavy atom. The predicted molar refractivity (Wildman–Crippen MR) is 100 cm³/mol. The quantitative estimate of drug-likeness (QED) is 0.878. The summed E-state index contributed by atoms with van der Waals surface area (Å²) in [7, 11) is 1.90. The van der Waals surface area contributed by atoms with Crippen LogP contribution < -0.4 is 0 Å². The van der Waals surface area contributed by atoms with Crippen molar-refractivity contribution in [3.8, 4) is 0 Å². The number of piperidine rings is 1. The number of aromatic nitrogens is 2. The fraction of sp³-hybridized carbons (Fsp3) is 0.500. The van der Waals surface area contributed by atoms with Crippen molar-refractivity contribution in [1.29, 1.82) is 0 Å². The van der Waals surface area contributed by atoms with Crippen LogP contribution in [0.25, 0.3) is 11.0 Å². The first-order chi connectivity index (χ1) is 11.5. The van der Waals surface area contributed by atoms with Crippen molar-refractivity contribution in [2.75, 3.05) is 26.7 Å². The SMILES string of the molecule is Cc1nc2ccccc2nc1CN1CCC(N(C)CC(=O)O)CC1.Cl. The van der Waals surface area contributed by atoms with E-state index in [1.807, 2.05) is 43.1 Å². The summed E-state index contributed by atoms with van der Waals surface area (Å²) in [5, 5.41) is 8.91. The number of aliphatic carboxylic acids is 1. The van der Waals surface area contributed by atoms with Gasteiger partial charge < -0.3 is 5.11 Å². The van der Waals surface area contributed by atoms with Crippen LogP contribution in [0.15, 0.2) is 24.3 Å². The van der Waals surface area contributed by atoms with Gasteiger partial charge in [-0.2, -0.15) is 0 Å². The van der Waals surface area contributed by atoms with Gasteiger partial charge in [-0.25, -0.2) is 9.97 Å². The van der Waals surface area contributed by atoms with Crippen LogP contribution in [-0.4, -0.2) is 63.6 Å². The molecular weight excluding hydrogens is 340 g/mol. The highest BCUT2D eigenvalue weighted by molar-refractivity contribution is 5.85. The van der Waals surface area contributed by atoms with Gasteiger partial charge in [0.1, 0.15) is 0 Å². The summed E-state index contributed by atoms with van der Waals surface area (Å²) >= 11 is 0. The molecule has 2 heterocycles. The van der Waals surface area contributed by atoms with Crippen molar-refractivity contribution in [3.05, 3.63) is 35.7 Å². The van der Waals surface area contributed by atoms with E-state index in [0.717, 1.165) is 54.9 Å². The third-order valence-electron chi connectivity index (χ3n) is 4.78. The number of halogens is 1. The van der Waals surface area contributed by atoms with E-state index in [1.54, 1.807) is 0 Å². The number of benzene rings is 1. The number of hydrogen-bond donors (Lipinski definition) is 1. The maximum Gasteiger partial charge on any atom is 0.317 e. The summed E-state index contributed by atoms with van der Waals surface area (Å²) in [4.78, 5) is 24.6. The summed E-state index contributed by atoms with van der Waals surface area (Å²) in [6.07, 6.45) is 1.98. The van der Waals surface area contributed by atoms with Gasteiger partial charge in [-0.15, -0.1) is 12.4 Å². The van der Waals surface area contributed by atoms with Crippen LogP contribution in [0.2, 0.25) is 0 Å². The van der Waals surface area contributed by atoms with Crippen LogP contribution in [0.5, 0.6) is 0 Å². The molecule has 0 amide bonds. The fourth-order valence-corrected chi connectivity index (χ4v) is 3.35. The lowest BCUT2D eigenvalue weighted by atomic mass is 10.0. The summed E-state index contributed by atoms with van der Waals surface area (Å²) in [5.74, 6) is -0.762. The van der Waals surface area contributed by atoms with Gasteiger partial charge in [-0.3, -0.25) is 14.6 Å². The first-order valence-corrected chi connectivity index (χ1v) is 8.39. The van der Waals surface area contributed by atoms with E-state index in [9.17, 15) is 4.79 Å². The number of fused-ring (bicyclic) bond motifs is 1. The Balaban J connectivity index is 0.00000225. The van der Waals surface area contributed by atoms with Gasteiger partial charge in [0.05, 0.1) is 29.0 Å². The van der Waals surface area contributed by atoms with Crippen molar-refractivity contribution in [2.45, 2.75) is 32.4 Å². The fourth-order valence-electron chi connectivity index (χ4n) is 3.35. The number of carbonyl (C=O) groups is 1.